The quantitative estimate of drug-likeness (QED) is 0.490. The van der Waals surface area contributed by atoms with E-state index in [1.54, 1.807) is 18.5 Å². The second-order valence-electron chi connectivity index (χ2n) is 9.80. The number of carbonyl (C=O) groups is 1. The summed E-state index contributed by atoms with van der Waals surface area (Å²) in [6, 6.07) is 4.19. The average Bonchev–Trinajstić information content (AvgIpc) is 2.89. The third kappa shape index (κ3) is 7.10. The number of rotatable bonds is 9. The van der Waals surface area contributed by atoms with E-state index >= 15 is 0 Å². The first-order chi connectivity index (χ1) is 17.0. The number of alkyl halides is 1. The Kier molecular flexibility index (Phi) is 8.84. The SMILES string of the molecule is CCC(F)CNc1ncc(-c2ccc(C(=O)NC3CCN(C)CC3)cn2)c(NC2CCCCC2)n1. The molecule has 3 heterocycles. The Morgan fingerprint density at radius 2 is 1.86 bits per heavy atom. The molecular formula is C26H38FN7O. The van der Waals surface area contributed by atoms with Gasteiger partial charge < -0.3 is 20.9 Å². The summed E-state index contributed by atoms with van der Waals surface area (Å²) < 4.78 is 13.7. The lowest BCUT2D eigenvalue weighted by molar-refractivity contribution is 0.0916. The summed E-state index contributed by atoms with van der Waals surface area (Å²) in [5.41, 5.74) is 2.01. The van der Waals surface area contributed by atoms with Crippen LogP contribution in [0.3, 0.4) is 0 Å². The number of anilines is 2. The molecule has 2 aromatic heterocycles. The van der Waals surface area contributed by atoms with Crippen LogP contribution in [-0.4, -0.2) is 70.7 Å². The highest BCUT2D eigenvalue weighted by molar-refractivity contribution is 5.94. The lowest BCUT2D eigenvalue weighted by atomic mass is 9.95. The molecule has 1 aliphatic heterocycles. The lowest BCUT2D eigenvalue weighted by Gasteiger charge is -2.29. The lowest BCUT2D eigenvalue weighted by Crippen LogP contribution is -2.43. The van der Waals surface area contributed by atoms with Crippen LogP contribution in [-0.2, 0) is 0 Å². The Morgan fingerprint density at radius 3 is 2.54 bits per heavy atom. The molecule has 0 bridgehead atoms. The van der Waals surface area contributed by atoms with Crippen LogP contribution in [0.4, 0.5) is 16.2 Å². The number of nitrogens with zero attached hydrogens (tertiary/aromatic N) is 4. The molecule has 35 heavy (non-hydrogen) atoms. The van der Waals surface area contributed by atoms with Crippen LogP contribution in [0, 0.1) is 0 Å². The van der Waals surface area contributed by atoms with Gasteiger partial charge >= 0.3 is 0 Å². The van der Waals surface area contributed by atoms with Gasteiger partial charge in [0.25, 0.3) is 5.91 Å². The molecule has 3 N–H and O–H groups in total. The van der Waals surface area contributed by atoms with Gasteiger partial charge in [-0.3, -0.25) is 9.78 Å². The number of piperidine rings is 1. The average molecular weight is 484 g/mol. The largest absolute Gasteiger partial charge is 0.367 e. The predicted molar refractivity (Wildman–Crippen MR) is 137 cm³/mol. The summed E-state index contributed by atoms with van der Waals surface area (Å²) in [7, 11) is 2.10. The molecule has 1 atom stereocenters. The van der Waals surface area contributed by atoms with E-state index < -0.39 is 6.17 Å². The molecule has 4 rings (SSSR count). The second-order valence-corrected chi connectivity index (χ2v) is 9.80. The number of pyridine rings is 1. The van der Waals surface area contributed by atoms with E-state index in [1.165, 1.54) is 19.3 Å². The fraction of sp³-hybridized carbons (Fsp3) is 0.615. The number of hydrogen-bond acceptors (Lipinski definition) is 7. The van der Waals surface area contributed by atoms with E-state index in [4.69, 9.17) is 0 Å². The van der Waals surface area contributed by atoms with Gasteiger partial charge in [-0.1, -0.05) is 26.2 Å². The van der Waals surface area contributed by atoms with Gasteiger partial charge in [0.05, 0.1) is 16.8 Å². The Labute approximate surface area is 207 Å². The number of carbonyl (C=O) groups excluding carboxylic acids is 1. The standard InChI is InChI=1S/C26H38FN7O/c1-3-19(27)16-29-26-30-17-22(24(33-26)31-20-7-5-4-6-8-20)23-10-9-18(15-28-23)25(35)32-21-11-13-34(2)14-12-21/h9-10,15,17,19-21H,3-8,11-14,16H2,1-2H3,(H,32,35)(H2,29,30,31,33). The zero-order valence-corrected chi connectivity index (χ0v) is 20.9. The summed E-state index contributed by atoms with van der Waals surface area (Å²) in [6.45, 7) is 3.98. The highest BCUT2D eigenvalue weighted by atomic mass is 19.1. The van der Waals surface area contributed by atoms with Crippen LogP contribution in [0.1, 0.15) is 68.6 Å². The molecule has 1 amide bonds. The predicted octanol–water partition coefficient (Wildman–Crippen LogP) is 4.27. The minimum absolute atomic E-state index is 0.0911. The highest BCUT2D eigenvalue weighted by Crippen LogP contribution is 2.29. The second kappa shape index (κ2) is 12.2. The van der Waals surface area contributed by atoms with Gasteiger partial charge in [-0.15, -0.1) is 0 Å². The van der Waals surface area contributed by atoms with Crippen molar-refractivity contribution in [1.29, 1.82) is 0 Å². The number of hydrogen-bond donors (Lipinski definition) is 3. The first-order valence-corrected chi connectivity index (χ1v) is 13.0. The van der Waals surface area contributed by atoms with E-state index in [0.29, 0.717) is 35.5 Å². The maximum absolute atomic E-state index is 13.7. The van der Waals surface area contributed by atoms with Gasteiger partial charge in [0.1, 0.15) is 12.0 Å². The maximum Gasteiger partial charge on any atom is 0.253 e. The van der Waals surface area contributed by atoms with E-state index in [0.717, 1.165) is 44.3 Å². The van der Waals surface area contributed by atoms with Gasteiger partial charge in [0, 0.05) is 31.0 Å². The molecule has 1 saturated carbocycles. The third-order valence-electron chi connectivity index (χ3n) is 7.01. The van der Waals surface area contributed by atoms with Crippen molar-refractivity contribution in [3.8, 4) is 11.3 Å². The third-order valence-corrected chi connectivity index (χ3v) is 7.01. The molecule has 8 nitrogen and oxygen atoms in total. The summed E-state index contributed by atoms with van der Waals surface area (Å²) in [5.74, 6) is 1.00. The summed E-state index contributed by atoms with van der Waals surface area (Å²) in [4.78, 5) is 28.7. The number of amides is 1. The highest BCUT2D eigenvalue weighted by Gasteiger charge is 2.21. The number of aromatic nitrogens is 3. The van der Waals surface area contributed by atoms with Gasteiger partial charge in [-0.2, -0.15) is 4.98 Å². The van der Waals surface area contributed by atoms with Gasteiger partial charge in [0.2, 0.25) is 5.95 Å². The number of nitrogens with one attached hydrogen (secondary N) is 3. The van der Waals surface area contributed by atoms with Crippen molar-refractivity contribution in [1.82, 2.24) is 25.2 Å². The van der Waals surface area contributed by atoms with Crippen LogP contribution in [0.5, 0.6) is 0 Å². The first-order valence-electron chi connectivity index (χ1n) is 13.0. The normalized spacial score (nSPS) is 18.7. The molecule has 1 saturated heterocycles. The van der Waals surface area contributed by atoms with Crippen molar-refractivity contribution in [2.24, 2.45) is 0 Å². The molecule has 1 unspecified atom stereocenters. The topological polar surface area (TPSA) is 95.1 Å². The monoisotopic (exact) mass is 483 g/mol. The Balaban J connectivity index is 1.48. The fourth-order valence-corrected chi connectivity index (χ4v) is 4.66. The zero-order chi connectivity index (χ0) is 24.6. The Morgan fingerprint density at radius 1 is 1.09 bits per heavy atom. The minimum atomic E-state index is -0.942. The van der Waals surface area contributed by atoms with E-state index in [9.17, 15) is 9.18 Å². The summed E-state index contributed by atoms with van der Waals surface area (Å²) in [6.07, 6.45) is 10.6. The molecule has 0 aromatic carbocycles. The van der Waals surface area contributed by atoms with Crippen molar-refractivity contribution in [2.45, 2.75) is 76.5 Å². The van der Waals surface area contributed by atoms with Crippen molar-refractivity contribution in [2.75, 3.05) is 37.3 Å². The minimum Gasteiger partial charge on any atom is -0.367 e. The van der Waals surface area contributed by atoms with Gasteiger partial charge in [0.15, 0.2) is 0 Å². The summed E-state index contributed by atoms with van der Waals surface area (Å²) >= 11 is 0. The number of likely N-dealkylation sites (tertiary alicyclic amines) is 1. The molecule has 0 radical (unpaired) electrons. The van der Waals surface area contributed by atoms with Crippen LogP contribution in [0.2, 0.25) is 0 Å². The molecule has 9 heteroatoms. The number of halogens is 1. The van der Waals surface area contributed by atoms with Crippen molar-refractivity contribution < 1.29 is 9.18 Å². The smallest absolute Gasteiger partial charge is 0.253 e. The van der Waals surface area contributed by atoms with Crippen molar-refractivity contribution in [3.05, 3.63) is 30.1 Å². The Bertz CT molecular complexity index is 957. The van der Waals surface area contributed by atoms with Crippen molar-refractivity contribution >= 4 is 17.7 Å². The molecule has 0 spiro atoms. The molecule has 190 valence electrons. The van der Waals surface area contributed by atoms with Gasteiger partial charge in [-0.05, 0) is 64.4 Å². The molecule has 2 aliphatic rings. The van der Waals surface area contributed by atoms with Crippen LogP contribution >= 0.6 is 0 Å². The molecular weight excluding hydrogens is 445 g/mol. The van der Waals surface area contributed by atoms with Gasteiger partial charge in [-0.25, -0.2) is 9.37 Å². The Hall–Kier alpha value is -2.81. The zero-order valence-electron chi connectivity index (χ0n) is 20.9. The fourth-order valence-electron chi connectivity index (χ4n) is 4.66. The van der Waals surface area contributed by atoms with E-state index in [1.807, 2.05) is 13.0 Å². The first kappa shape index (κ1) is 25.3. The van der Waals surface area contributed by atoms with E-state index in [-0.39, 0.29) is 18.5 Å². The van der Waals surface area contributed by atoms with Crippen molar-refractivity contribution in [3.63, 3.8) is 0 Å². The van der Waals surface area contributed by atoms with Crippen LogP contribution in [0.15, 0.2) is 24.5 Å². The summed E-state index contributed by atoms with van der Waals surface area (Å²) in [5, 5.41) is 9.71. The maximum atomic E-state index is 13.7. The van der Waals surface area contributed by atoms with Crippen LogP contribution in [0.25, 0.3) is 11.3 Å². The molecule has 2 fully saturated rings. The van der Waals surface area contributed by atoms with E-state index in [2.05, 4.69) is 42.8 Å². The molecule has 2 aromatic rings. The molecule has 1 aliphatic carbocycles. The van der Waals surface area contributed by atoms with Crippen LogP contribution < -0.4 is 16.0 Å².